The largest absolute Gasteiger partial charge is 0.478 e. The van der Waals surface area contributed by atoms with Crippen LogP contribution in [0.4, 0.5) is 0 Å². The van der Waals surface area contributed by atoms with E-state index < -0.39 is 5.97 Å². The maximum Gasteiger partial charge on any atom is 0.338 e. The second-order valence-electron chi connectivity index (χ2n) is 4.36. The van der Waals surface area contributed by atoms with E-state index in [1.54, 1.807) is 4.90 Å². The highest BCUT2D eigenvalue weighted by Crippen LogP contribution is 2.12. The van der Waals surface area contributed by atoms with Crippen LogP contribution in [0.25, 0.3) is 0 Å². The Morgan fingerprint density at radius 3 is 2.47 bits per heavy atom. The zero-order valence-electron chi connectivity index (χ0n) is 10.4. The van der Waals surface area contributed by atoms with Crippen LogP contribution in [0.5, 0.6) is 0 Å². The first-order valence-corrected chi connectivity index (χ1v) is 6.06. The molecule has 0 aromatic carbocycles. The summed E-state index contributed by atoms with van der Waals surface area (Å²) in [5.74, 6) is -1.36. The molecule has 1 aromatic rings. The summed E-state index contributed by atoms with van der Waals surface area (Å²) in [6.07, 6.45) is 1.07. The van der Waals surface area contributed by atoms with Crippen molar-refractivity contribution < 1.29 is 24.2 Å². The lowest BCUT2D eigenvalue weighted by Gasteiger charge is -2.33. The molecule has 0 saturated carbocycles. The molecule has 0 bridgehead atoms. The standard InChI is InChI=1S/C12H16N2O5/c15-6-5-13-1-3-14(4-2-13)11(16)10-7-9(8-19-10)12(17)18/h7-8,15H,1-6H2,(H,17,18). The molecule has 7 heteroatoms. The molecule has 0 spiro atoms. The topological polar surface area (TPSA) is 94.2 Å². The first-order valence-electron chi connectivity index (χ1n) is 6.06. The summed E-state index contributed by atoms with van der Waals surface area (Å²) in [6.45, 7) is 3.18. The van der Waals surface area contributed by atoms with Crippen LogP contribution in [0.15, 0.2) is 16.7 Å². The van der Waals surface area contributed by atoms with Crippen molar-refractivity contribution in [2.75, 3.05) is 39.3 Å². The Labute approximate surface area is 110 Å². The van der Waals surface area contributed by atoms with E-state index in [0.717, 1.165) is 6.26 Å². The minimum absolute atomic E-state index is 0.0257. The maximum atomic E-state index is 12.1. The number of carboxylic acid groups (broad SMARTS) is 1. The average Bonchev–Trinajstić information content (AvgIpc) is 2.89. The molecule has 1 fully saturated rings. The number of amides is 1. The van der Waals surface area contributed by atoms with E-state index in [1.807, 2.05) is 0 Å². The van der Waals surface area contributed by atoms with Crippen molar-refractivity contribution in [3.63, 3.8) is 0 Å². The number of carboxylic acids is 1. The van der Waals surface area contributed by atoms with Crippen LogP contribution in [0.3, 0.4) is 0 Å². The van der Waals surface area contributed by atoms with Crippen LogP contribution in [0, 0.1) is 0 Å². The summed E-state index contributed by atoms with van der Waals surface area (Å²) in [4.78, 5) is 26.5. The Bertz CT molecular complexity index is 462. The zero-order chi connectivity index (χ0) is 13.8. The lowest BCUT2D eigenvalue weighted by atomic mass is 10.2. The first-order chi connectivity index (χ1) is 9.11. The smallest absolute Gasteiger partial charge is 0.338 e. The van der Waals surface area contributed by atoms with E-state index in [9.17, 15) is 9.59 Å². The van der Waals surface area contributed by atoms with Gasteiger partial charge in [0.2, 0.25) is 0 Å². The number of β-amino-alcohol motifs (C(OH)–C–C–N with tert-alkyl or cyclic N) is 1. The van der Waals surface area contributed by atoms with E-state index >= 15 is 0 Å². The predicted molar refractivity (Wildman–Crippen MR) is 65.1 cm³/mol. The molecule has 2 heterocycles. The van der Waals surface area contributed by atoms with Crippen molar-refractivity contribution in [1.82, 2.24) is 9.80 Å². The summed E-state index contributed by atoms with van der Waals surface area (Å²) in [5, 5.41) is 17.6. The van der Waals surface area contributed by atoms with Crippen molar-refractivity contribution in [3.05, 3.63) is 23.7 Å². The average molecular weight is 268 g/mol. The van der Waals surface area contributed by atoms with Gasteiger partial charge in [0, 0.05) is 38.8 Å². The van der Waals surface area contributed by atoms with Crippen LogP contribution in [-0.4, -0.2) is 71.2 Å². The fourth-order valence-corrected chi connectivity index (χ4v) is 2.03. The molecular weight excluding hydrogens is 252 g/mol. The second kappa shape index (κ2) is 5.85. The summed E-state index contributed by atoms with van der Waals surface area (Å²) in [6, 6.07) is 1.24. The van der Waals surface area contributed by atoms with Gasteiger partial charge >= 0.3 is 5.97 Å². The molecular formula is C12H16N2O5. The van der Waals surface area contributed by atoms with Gasteiger partial charge in [0.15, 0.2) is 5.76 Å². The van der Waals surface area contributed by atoms with Gasteiger partial charge in [-0.05, 0) is 0 Å². The van der Waals surface area contributed by atoms with E-state index in [1.165, 1.54) is 6.07 Å². The Hall–Kier alpha value is -1.86. The molecule has 1 saturated heterocycles. The summed E-state index contributed by atoms with van der Waals surface area (Å²) >= 11 is 0. The maximum absolute atomic E-state index is 12.1. The number of rotatable bonds is 4. The SMILES string of the molecule is O=C(O)c1coc(C(=O)N2CCN(CCO)CC2)c1. The number of hydrogen-bond acceptors (Lipinski definition) is 5. The summed E-state index contributed by atoms with van der Waals surface area (Å²) in [7, 11) is 0. The number of piperazine rings is 1. The fourth-order valence-electron chi connectivity index (χ4n) is 2.03. The van der Waals surface area contributed by atoms with Crippen molar-refractivity contribution in [1.29, 1.82) is 0 Å². The Morgan fingerprint density at radius 2 is 1.95 bits per heavy atom. The van der Waals surface area contributed by atoms with Crippen molar-refractivity contribution >= 4 is 11.9 Å². The zero-order valence-corrected chi connectivity index (χ0v) is 10.4. The number of nitrogens with zero attached hydrogens (tertiary/aromatic N) is 2. The molecule has 7 nitrogen and oxygen atoms in total. The lowest BCUT2D eigenvalue weighted by molar-refractivity contribution is 0.0584. The fraction of sp³-hybridized carbons (Fsp3) is 0.500. The highest BCUT2D eigenvalue weighted by Gasteiger charge is 2.24. The highest BCUT2D eigenvalue weighted by atomic mass is 16.4. The Kier molecular flexibility index (Phi) is 4.18. The van der Waals surface area contributed by atoms with E-state index in [2.05, 4.69) is 4.90 Å². The van der Waals surface area contributed by atoms with Gasteiger partial charge in [-0.3, -0.25) is 9.69 Å². The number of carbonyl (C=O) groups is 2. The number of aromatic carboxylic acids is 1. The van der Waals surface area contributed by atoms with Crippen LogP contribution in [0.1, 0.15) is 20.9 Å². The van der Waals surface area contributed by atoms with Gasteiger partial charge in [0.05, 0.1) is 12.2 Å². The Balaban J connectivity index is 1.95. The van der Waals surface area contributed by atoms with Crippen LogP contribution in [-0.2, 0) is 0 Å². The minimum Gasteiger partial charge on any atom is -0.478 e. The lowest BCUT2D eigenvalue weighted by Crippen LogP contribution is -2.49. The van der Waals surface area contributed by atoms with Crippen LogP contribution < -0.4 is 0 Å². The van der Waals surface area contributed by atoms with E-state index in [0.29, 0.717) is 32.7 Å². The second-order valence-corrected chi connectivity index (χ2v) is 4.36. The summed E-state index contributed by atoms with van der Waals surface area (Å²) in [5.41, 5.74) is -0.0257. The van der Waals surface area contributed by atoms with Crippen LogP contribution in [0.2, 0.25) is 0 Å². The molecule has 0 unspecified atom stereocenters. The van der Waals surface area contributed by atoms with Gasteiger partial charge in [-0.1, -0.05) is 0 Å². The molecule has 0 atom stereocenters. The molecule has 0 radical (unpaired) electrons. The summed E-state index contributed by atoms with van der Waals surface area (Å²) < 4.78 is 4.99. The number of hydrogen-bond donors (Lipinski definition) is 2. The molecule has 104 valence electrons. The monoisotopic (exact) mass is 268 g/mol. The van der Waals surface area contributed by atoms with Gasteiger partial charge in [-0.15, -0.1) is 0 Å². The Morgan fingerprint density at radius 1 is 1.26 bits per heavy atom. The molecule has 1 aliphatic rings. The molecule has 2 rings (SSSR count). The number of furan rings is 1. The van der Waals surface area contributed by atoms with E-state index in [-0.39, 0.29) is 23.8 Å². The first kappa shape index (κ1) is 13.6. The predicted octanol–water partition coefficient (Wildman–Crippen LogP) is -0.272. The molecule has 19 heavy (non-hydrogen) atoms. The molecule has 1 aliphatic heterocycles. The molecule has 2 N–H and O–H groups in total. The van der Waals surface area contributed by atoms with Crippen molar-refractivity contribution in [2.24, 2.45) is 0 Å². The number of aliphatic hydroxyl groups is 1. The number of aliphatic hydroxyl groups excluding tert-OH is 1. The van der Waals surface area contributed by atoms with E-state index in [4.69, 9.17) is 14.6 Å². The minimum atomic E-state index is -1.12. The van der Waals surface area contributed by atoms with Gasteiger partial charge in [0.25, 0.3) is 5.91 Å². The van der Waals surface area contributed by atoms with Gasteiger partial charge in [-0.25, -0.2) is 4.79 Å². The van der Waals surface area contributed by atoms with Crippen molar-refractivity contribution in [3.8, 4) is 0 Å². The van der Waals surface area contributed by atoms with Crippen molar-refractivity contribution in [2.45, 2.75) is 0 Å². The van der Waals surface area contributed by atoms with Gasteiger partial charge < -0.3 is 19.5 Å². The molecule has 1 aromatic heterocycles. The molecule has 1 amide bonds. The van der Waals surface area contributed by atoms with Gasteiger partial charge in [-0.2, -0.15) is 0 Å². The van der Waals surface area contributed by atoms with Crippen LogP contribution >= 0.6 is 0 Å². The third-order valence-electron chi connectivity index (χ3n) is 3.13. The highest BCUT2D eigenvalue weighted by molar-refractivity contribution is 5.95. The third-order valence-corrected chi connectivity index (χ3v) is 3.13. The number of carbonyl (C=O) groups excluding carboxylic acids is 1. The quantitative estimate of drug-likeness (QED) is 0.780. The normalized spacial score (nSPS) is 16.6. The third kappa shape index (κ3) is 3.12. The molecule has 0 aliphatic carbocycles. The van der Waals surface area contributed by atoms with Gasteiger partial charge in [0.1, 0.15) is 6.26 Å².